The van der Waals surface area contributed by atoms with Crippen molar-refractivity contribution in [2.75, 3.05) is 5.33 Å². The molecule has 0 aliphatic heterocycles. The molecule has 1 heterocycles. The third-order valence-corrected chi connectivity index (χ3v) is 3.08. The van der Waals surface area contributed by atoms with Crippen molar-refractivity contribution in [1.82, 2.24) is 0 Å². The Balaban J connectivity index is 3.10. The Morgan fingerprint density at radius 3 is 2.62 bits per heavy atom. The van der Waals surface area contributed by atoms with Crippen LogP contribution in [0.4, 0.5) is 0 Å². The van der Waals surface area contributed by atoms with E-state index in [1.54, 1.807) is 6.92 Å². The Kier molecular flexibility index (Phi) is 3.22. The highest BCUT2D eigenvalue weighted by Gasteiger charge is 2.12. The average molecular weight is 262 g/mol. The molecule has 0 fully saturated rings. The first kappa shape index (κ1) is 10.4. The standard InChI is InChI=1S/C8H7BrO3S/c1-4-5(6(10)3-9)2-7(13-4)8(11)12/h2H,3H2,1H3,(H,11,12)/p-1. The average Bonchev–Trinajstić information content (AvgIpc) is 2.46. The van der Waals surface area contributed by atoms with Gasteiger partial charge in [0.05, 0.1) is 16.2 Å². The molecule has 13 heavy (non-hydrogen) atoms. The molecule has 0 bridgehead atoms. The lowest BCUT2D eigenvalue weighted by molar-refractivity contribution is -0.254. The van der Waals surface area contributed by atoms with Crippen molar-refractivity contribution >= 4 is 39.0 Å². The number of Topliss-reactive ketones (excluding diaryl/α,β-unsaturated/α-hetero) is 1. The van der Waals surface area contributed by atoms with E-state index in [1.807, 2.05) is 0 Å². The van der Waals surface area contributed by atoms with Gasteiger partial charge in [0.25, 0.3) is 0 Å². The molecule has 1 rings (SSSR count). The van der Waals surface area contributed by atoms with Crippen LogP contribution in [0.1, 0.15) is 24.9 Å². The molecule has 3 nitrogen and oxygen atoms in total. The molecular formula is C8H6BrO3S-. The van der Waals surface area contributed by atoms with Crippen LogP contribution in [0.15, 0.2) is 6.07 Å². The van der Waals surface area contributed by atoms with Gasteiger partial charge in [-0.3, -0.25) is 4.79 Å². The van der Waals surface area contributed by atoms with E-state index in [-0.39, 0.29) is 16.0 Å². The molecule has 0 unspecified atom stereocenters. The Morgan fingerprint density at radius 2 is 2.23 bits per heavy atom. The zero-order chi connectivity index (χ0) is 10.0. The molecule has 0 saturated heterocycles. The number of ketones is 1. The fourth-order valence-corrected chi connectivity index (χ4v) is 2.11. The largest absolute Gasteiger partial charge is 0.544 e. The first-order chi connectivity index (χ1) is 6.06. The summed E-state index contributed by atoms with van der Waals surface area (Å²) in [6.45, 7) is 1.72. The molecule has 0 N–H and O–H groups in total. The number of thiophene rings is 1. The van der Waals surface area contributed by atoms with Crippen LogP contribution in [-0.4, -0.2) is 17.1 Å². The minimum atomic E-state index is -1.23. The number of hydrogen-bond acceptors (Lipinski definition) is 4. The zero-order valence-electron chi connectivity index (χ0n) is 6.80. The molecule has 0 amide bonds. The first-order valence-corrected chi connectivity index (χ1v) is 5.41. The molecule has 5 heteroatoms. The minimum Gasteiger partial charge on any atom is -0.544 e. The highest BCUT2D eigenvalue weighted by atomic mass is 79.9. The number of rotatable bonds is 3. The van der Waals surface area contributed by atoms with Gasteiger partial charge in [-0.05, 0) is 13.0 Å². The normalized spacial score (nSPS) is 10.0. The number of aromatic carboxylic acids is 1. The number of alkyl halides is 1. The van der Waals surface area contributed by atoms with E-state index in [0.717, 1.165) is 11.3 Å². The molecule has 1 aromatic heterocycles. The maximum Gasteiger partial charge on any atom is 0.174 e. The van der Waals surface area contributed by atoms with Crippen molar-refractivity contribution in [2.24, 2.45) is 0 Å². The first-order valence-electron chi connectivity index (χ1n) is 3.47. The predicted molar refractivity (Wildman–Crippen MR) is 51.5 cm³/mol. The number of carbonyl (C=O) groups is 2. The summed E-state index contributed by atoms with van der Waals surface area (Å²) < 4.78 is 0. The van der Waals surface area contributed by atoms with Crippen molar-refractivity contribution in [3.63, 3.8) is 0 Å². The molecule has 0 spiro atoms. The van der Waals surface area contributed by atoms with Gasteiger partial charge in [0, 0.05) is 10.4 Å². The van der Waals surface area contributed by atoms with Crippen LogP contribution in [0.2, 0.25) is 0 Å². The second-order valence-corrected chi connectivity index (χ2v) is 4.24. The van der Waals surface area contributed by atoms with Gasteiger partial charge >= 0.3 is 0 Å². The van der Waals surface area contributed by atoms with Crippen molar-refractivity contribution in [2.45, 2.75) is 6.92 Å². The van der Waals surface area contributed by atoms with Crippen LogP contribution in [0.3, 0.4) is 0 Å². The van der Waals surface area contributed by atoms with Crippen LogP contribution in [0.25, 0.3) is 0 Å². The van der Waals surface area contributed by atoms with Crippen molar-refractivity contribution in [3.8, 4) is 0 Å². The summed E-state index contributed by atoms with van der Waals surface area (Å²) in [5.74, 6) is -1.34. The number of carbonyl (C=O) groups excluding carboxylic acids is 2. The highest BCUT2D eigenvalue weighted by molar-refractivity contribution is 9.09. The highest BCUT2D eigenvalue weighted by Crippen LogP contribution is 2.21. The Bertz CT molecular complexity index is 356. The summed E-state index contributed by atoms with van der Waals surface area (Å²) in [4.78, 5) is 22.5. The van der Waals surface area contributed by atoms with Gasteiger partial charge in [0.1, 0.15) is 0 Å². The zero-order valence-corrected chi connectivity index (χ0v) is 9.20. The van der Waals surface area contributed by atoms with Crippen LogP contribution < -0.4 is 5.11 Å². The van der Waals surface area contributed by atoms with Gasteiger partial charge in [0.15, 0.2) is 5.78 Å². The number of halogens is 1. The van der Waals surface area contributed by atoms with E-state index in [2.05, 4.69) is 15.9 Å². The summed E-state index contributed by atoms with van der Waals surface area (Å²) in [7, 11) is 0. The second kappa shape index (κ2) is 4.02. The lowest BCUT2D eigenvalue weighted by atomic mass is 10.2. The van der Waals surface area contributed by atoms with E-state index in [1.165, 1.54) is 6.07 Å². The van der Waals surface area contributed by atoms with E-state index >= 15 is 0 Å². The molecule has 0 atom stereocenters. The van der Waals surface area contributed by atoms with Gasteiger partial charge in [0.2, 0.25) is 0 Å². The fraction of sp³-hybridized carbons (Fsp3) is 0.250. The van der Waals surface area contributed by atoms with Gasteiger partial charge in [-0.25, -0.2) is 0 Å². The quantitative estimate of drug-likeness (QED) is 0.603. The molecule has 0 saturated carbocycles. The van der Waals surface area contributed by atoms with Crippen LogP contribution in [-0.2, 0) is 0 Å². The molecule has 0 aromatic carbocycles. The van der Waals surface area contributed by atoms with E-state index < -0.39 is 5.97 Å². The van der Waals surface area contributed by atoms with Crippen LogP contribution in [0, 0.1) is 6.92 Å². The Morgan fingerprint density at radius 1 is 1.62 bits per heavy atom. The number of aryl methyl sites for hydroxylation is 1. The molecule has 0 aliphatic rings. The summed E-state index contributed by atoms with van der Waals surface area (Å²) >= 11 is 4.09. The van der Waals surface area contributed by atoms with Crippen molar-refractivity contribution in [1.29, 1.82) is 0 Å². The maximum atomic E-state index is 11.2. The lowest BCUT2D eigenvalue weighted by Gasteiger charge is -1.93. The van der Waals surface area contributed by atoms with Gasteiger partial charge < -0.3 is 9.90 Å². The second-order valence-electron chi connectivity index (χ2n) is 2.42. The number of carboxylic acids is 1. The SMILES string of the molecule is Cc1sc(C(=O)[O-])cc1C(=O)CBr. The molecule has 0 radical (unpaired) electrons. The monoisotopic (exact) mass is 261 g/mol. The summed E-state index contributed by atoms with van der Waals surface area (Å²) in [6.07, 6.45) is 0. The van der Waals surface area contributed by atoms with E-state index in [4.69, 9.17) is 0 Å². The molecule has 1 aromatic rings. The number of carboxylic acid groups (broad SMARTS) is 1. The van der Waals surface area contributed by atoms with E-state index in [0.29, 0.717) is 10.4 Å². The Labute approximate surface area is 87.5 Å². The maximum absolute atomic E-state index is 11.2. The van der Waals surface area contributed by atoms with Crippen molar-refractivity contribution in [3.05, 3.63) is 21.4 Å². The number of hydrogen-bond donors (Lipinski definition) is 0. The van der Waals surface area contributed by atoms with Crippen LogP contribution in [0.5, 0.6) is 0 Å². The smallest absolute Gasteiger partial charge is 0.174 e. The third kappa shape index (κ3) is 2.16. The topological polar surface area (TPSA) is 57.2 Å². The third-order valence-electron chi connectivity index (χ3n) is 1.54. The fourth-order valence-electron chi connectivity index (χ4n) is 0.932. The van der Waals surface area contributed by atoms with Crippen molar-refractivity contribution < 1.29 is 14.7 Å². The molecular weight excluding hydrogens is 256 g/mol. The van der Waals surface area contributed by atoms with Crippen LogP contribution >= 0.6 is 27.3 Å². The summed E-state index contributed by atoms with van der Waals surface area (Å²) in [5, 5.41) is 10.7. The molecule has 0 aliphatic carbocycles. The molecule has 70 valence electrons. The van der Waals surface area contributed by atoms with Gasteiger partial charge in [-0.2, -0.15) is 0 Å². The minimum absolute atomic E-state index is 0.0989. The van der Waals surface area contributed by atoms with E-state index in [9.17, 15) is 14.7 Å². The van der Waals surface area contributed by atoms with Gasteiger partial charge in [-0.1, -0.05) is 15.9 Å². The summed E-state index contributed by atoms with van der Waals surface area (Å²) in [5.41, 5.74) is 0.459. The lowest BCUT2D eigenvalue weighted by Crippen LogP contribution is -2.20. The Hall–Kier alpha value is -0.680. The predicted octanol–water partition coefficient (Wildman–Crippen LogP) is 0.998. The van der Waals surface area contributed by atoms with Gasteiger partial charge in [-0.15, -0.1) is 11.3 Å². The summed E-state index contributed by atoms with van der Waals surface area (Å²) in [6, 6.07) is 1.36.